The van der Waals surface area contributed by atoms with E-state index in [4.69, 9.17) is 27.9 Å². The number of carbonyl (C=O) groups is 2. The average molecular weight is 452 g/mol. The molecule has 9 heteroatoms. The number of aryl methyl sites for hydroxylation is 1. The summed E-state index contributed by atoms with van der Waals surface area (Å²) in [7, 11) is 3.16. The molecule has 0 bridgehead atoms. The van der Waals surface area contributed by atoms with Gasteiger partial charge in [-0.2, -0.15) is 0 Å². The van der Waals surface area contributed by atoms with Crippen molar-refractivity contribution in [2.75, 3.05) is 19.5 Å². The van der Waals surface area contributed by atoms with Crippen molar-refractivity contribution in [2.24, 2.45) is 4.99 Å². The van der Waals surface area contributed by atoms with Crippen molar-refractivity contribution < 1.29 is 14.3 Å². The van der Waals surface area contributed by atoms with Crippen LogP contribution in [0.4, 0.5) is 11.4 Å². The molecule has 0 aliphatic carbocycles. The Balaban J connectivity index is 1.79. The van der Waals surface area contributed by atoms with Gasteiger partial charge in [0.05, 0.1) is 17.8 Å². The number of carbonyl (C=O) groups excluding carboxylic acids is 2. The lowest BCUT2D eigenvalue weighted by molar-refractivity contribution is -0.128. The first-order valence-electron chi connectivity index (χ1n) is 8.71. The summed E-state index contributed by atoms with van der Waals surface area (Å²) in [6.45, 7) is 1.88. The second kappa shape index (κ2) is 9.07. The van der Waals surface area contributed by atoms with E-state index in [9.17, 15) is 9.59 Å². The number of amides is 2. The number of hydrogen-bond acceptors (Lipinski definition) is 5. The second-order valence-electron chi connectivity index (χ2n) is 6.43. The van der Waals surface area contributed by atoms with Gasteiger partial charge in [-0.25, -0.2) is 4.99 Å². The maximum atomic E-state index is 12.7. The minimum absolute atomic E-state index is 0.0784. The lowest BCUT2D eigenvalue weighted by Gasteiger charge is -2.28. The number of ether oxygens (including phenoxy) is 1. The molecule has 1 aliphatic rings. The largest absolute Gasteiger partial charge is 0.495 e. The summed E-state index contributed by atoms with van der Waals surface area (Å²) in [5, 5.41) is 3.61. The Labute approximate surface area is 183 Å². The van der Waals surface area contributed by atoms with E-state index in [1.54, 1.807) is 37.4 Å². The number of anilines is 1. The number of methoxy groups -OCH3 is 1. The summed E-state index contributed by atoms with van der Waals surface area (Å²) < 4.78 is 5.14. The summed E-state index contributed by atoms with van der Waals surface area (Å²) in [4.78, 5) is 31.1. The van der Waals surface area contributed by atoms with Crippen LogP contribution in [0.25, 0.3) is 0 Å². The summed E-state index contributed by atoms with van der Waals surface area (Å²) in [6.07, 6.45) is 0.0784. The first kappa shape index (κ1) is 21.5. The molecule has 0 aromatic heterocycles. The Hall–Kier alpha value is -2.22. The molecule has 29 heavy (non-hydrogen) atoms. The molecule has 1 aliphatic heterocycles. The molecule has 2 aromatic carbocycles. The lowest BCUT2D eigenvalue weighted by Crippen LogP contribution is -2.43. The van der Waals surface area contributed by atoms with Gasteiger partial charge in [0.25, 0.3) is 0 Å². The third kappa shape index (κ3) is 5.04. The molecule has 0 radical (unpaired) electrons. The van der Waals surface area contributed by atoms with Crippen LogP contribution in [-0.4, -0.2) is 41.3 Å². The first-order chi connectivity index (χ1) is 13.8. The third-order valence-electron chi connectivity index (χ3n) is 4.36. The van der Waals surface area contributed by atoms with E-state index in [1.165, 1.54) is 23.8 Å². The van der Waals surface area contributed by atoms with E-state index >= 15 is 0 Å². The zero-order valence-corrected chi connectivity index (χ0v) is 18.4. The zero-order valence-electron chi connectivity index (χ0n) is 16.0. The van der Waals surface area contributed by atoms with Gasteiger partial charge in [0.15, 0.2) is 5.17 Å². The maximum Gasteiger partial charge on any atom is 0.238 e. The molecule has 2 amide bonds. The van der Waals surface area contributed by atoms with Crippen LogP contribution in [0.15, 0.2) is 41.4 Å². The fourth-order valence-electron chi connectivity index (χ4n) is 2.63. The van der Waals surface area contributed by atoms with Crippen molar-refractivity contribution in [1.29, 1.82) is 0 Å². The zero-order chi connectivity index (χ0) is 21.1. The Bertz CT molecular complexity index is 997. The molecule has 3 rings (SSSR count). The van der Waals surface area contributed by atoms with E-state index in [1.807, 2.05) is 13.0 Å². The van der Waals surface area contributed by atoms with Crippen LogP contribution < -0.4 is 10.1 Å². The van der Waals surface area contributed by atoms with Gasteiger partial charge in [0.1, 0.15) is 11.0 Å². The smallest absolute Gasteiger partial charge is 0.238 e. The molecule has 0 saturated carbocycles. The number of nitrogens with zero attached hydrogens (tertiary/aromatic N) is 2. The Morgan fingerprint density at radius 2 is 2.00 bits per heavy atom. The number of hydrogen-bond donors (Lipinski definition) is 1. The number of rotatable bonds is 4. The van der Waals surface area contributed by atoms with Crippen molar-refractivity contribution in [1.82, 2.24) is 4.90 Å². The predicted molar refractivity (Wildman–Crippen MR) is 119 cm³/mol. The van der Waals surface area contributed by atoms with Crippen LogP contribution in [0.1, 0.15) is 12.0 Å². The standard InChI is InChI=1S/C20H19Cl2N3O3S/c1-11-4-5-12(8-14(11)21)23-19(27)17-10-18(26)25(2)20(29-17)24-13-6-7-16(28-3)15(22)9-13/h4-9,17H,10H2,1-3H3,(H,23,27). The first-order valence-corrected chi connectivity index (χ1v) is 10.3. The van der Waals surface area contributed by atoms with Gasteiger partial charge in [-0.15, -0.1) is 0 Å². The van der Waals surface area contributed by atoms with Crippen LogP contribution in [-0.2, 0) is 9.59 Å². The molecular weight excluding hydrogens is 433 g/mol. The Morgan fingerprint density at radius 3 is 2.66 bits per heavy atom. The quantitative estimate of drug-likeness (QED) is 0.717. The number of aliphatic imine (C=N–C) groups is 1. The maximum absolute atomic E-state index is 12.7. The molecule has 152 valence electrons. The van der Waals surface area contributed by atoms with Crippen LogP contribution >= 0.6 is 35.0 Å². The van der Waals surface area contributed by atoms with E-state index in [0.717, 1.165) is 5.56 Å². The normalized spacial score (nSPS) is 18.1. The number of halogens is 2. The molecule has 1 saturated heterocycles. The van der Waals surface area contributed by atoms with Gasteiger partial charge in [0.2, 0.25) is 11.8 Å². The highest BCUT2D eigenvalue weighted by atomic mass is 35.5. The van der Waals surface area contributed by atoms with Crippen molar-refractivity contribution in [3.63, 3.8) is 0 Å². The molecule has 0 spiro atoms. The summed E-state index contributed by atoms with van der Waals surface area (Å²) in [6, 6.07) is 10.4. The monoisotopic (exact) mass is 451 g/mol. The van der Waals surface area contributed by atoms with E-state index in [2.05, 4.69) is 10.3 Å². The molecule has 2 aromatic rings. The molecule has 1 atom stereocenters. The highest BCUT2D eigenvalue weighted by Crippen LogP contribution is 2.32. The van der Waals surface area contributed by atoms with Gasteiger partial charge >= 0.3 is 0 Å². The average Bonchev–Trinajstić information content (AvgIpc) is 2.68. The van der Waals surface area contributed by atoms with Crippen LogP contribution in [0.3, 0.4) is 0 Å². The van der Waals surface area contributed by atoms with Gasteiger partial charge < -0.3 is 10.1 Å². The van der Waals surface area contributed by atoms with Gasteiger partial charge in [-0.1, -0.05) is 41.0 Å². The van der Waals surface area contributed by atoms with Crippen LogP contribution in [0.5, 0.6) is 5.75 Å². The van der Waals surface area contributed by atoms with E-state index < -0.39 is 5.25 Å². The molecule has 1 heterocycles. The van der Waals surface area contributed by atoms with Crippen LogP contribution in [0, 0.1) is 6.92 Å². The lowest BCUT2D eigenvalue weighted by atomic mass is 10.2. The third-order valence-corrected chi connectivity index (χ3v) is 6.30. The molecule has 1 fully saturated rings. The Kier molecular flexibility index (Phi) is 6.72. The molecule has 1 unspecified atom stereocenters. The van der Waals surface area contributed by atoms with Crippen molar-refractivity contribution in [2.45, 2.75) is 18.6 Å². The summed E-state index contributed by atoms with van der Waals surface area (Å²) >= 11 is 13.5. The van der Waals surface area contributed by atoms with Gasteiger partial charge in [0, 0.05) is 24.2 Å². The van der Waals surface area contributed by atoms with Crippen molar-refractivity contribution >= 4 is 63.3 Å². The fraction of sp³-hybridized carbons (Fsp3) is 0.250. The van der Waals surface area contributed by atoms with Crippen molar-refractivity contribution in [3.8, 4) is 5.75 Å². The SMILES string of the molecule is COc1ccc(N=C2SC(C(=O)Nc3ccc(C)c(Cl)c3)CC(=O)N2C)cc1Cl. The topological polar surface area (TPSA) is 71.0 Å². The summed E-state index contributed by atoms with van der Waals surface area (Å²) in [5.74, 6) is 0.0615. The van der Waals surface area contributed by atoms with Gasteiger partial charge in [-0.3, -0.25) is 14.5 Å². The number of nitrogens with one attached hydrogen (secondary N) is 1. The molecular formula is C20H19Cl2N3O3S. The molecule has 6 nitrogen and oxygen atoms in total. The van der Waals surface area contributed by atoms with Crippen LogP contribution in [0.2, 0.25) is 10.0 Å². The number of benzene rings is 2. The fourth-order valence-corrected chi connectivity index (χ4v) is 4.12. The summed E-state index contributed by atoms with van der Waals surface area (Å²) in [5.41, 5.74) is 2.06. The van der Waals surface area contributed by atoms with Crippen molar-refractivity contribution in [3.05, 3.63) is 52.0 Å². The van der Waals surface area contributed by atoms with E-state index in [0.29, 0.717) is 32.3 Å². The molecule has 1 N–H and O–H groups in total. The number of thioether (sulfide) groups is 1. The second-order valence-corrected chi connectivity index (χ2v) is 8.41. The highest BCUT2D eigenvalue weighted by Gasteiger charge is 2.34. The minimum Gasteiger partial charge on any atom is -0.495 e. The minimum atomic E-state index is -0.605. The highest BCUT2D eigenvalue weighted by molar-refractivity contribution is 8.15. The van der Waals surface area contributed by atoms with E-state index in [-0.39, 0.29) is 18.2 Å². The Morgan fingerprint density at radius 1 is 1.24 bits per heavy atom. The number of amidine groups is 1. The predicted octanol–water partition coefficient (Wildman–Crippen LogP) is 4.90. The van der Waals surface area contributed by atoms with Gasteiger partial charge in [-0.05, 0) is 42.8 Å².